The monoisotopic (exact) mass is 538 g/mol. The van der Waals surface area contributed by atoms with Gasteiger partial charge in [-0.2, -0.15) is 0 Å². The number of hydrogen-bond donors (Lipinski definition) is 6. The first kappa shape index (κ1) is 31.9. The Balaban J connectivity index is 1.88. The lowest BCUT2D eigenvalue weighted by Gasteiger charge is -2.46. The smallest absolute Gasteiger partial charge is 0.189 e. The number of unbranched alkanes of at least 4 members (excludes halogenated alkanes) is 8. The van der Waals surface area contributed by atoms with E-state index in [2.05, 4.69) is 6.92 Å². The van der Waals surface area contributed by atoms with Crippen molar-refractivity contribution in [3.05, 3.63) is 0 Å². The summed E-state index contributed by atoms with van der Waals surface area (Å²) in [7, 11) is 0. The normalized spacial score (nSPS) is 37.2. The number of hydrogen-bond acceptors (Lipinski definition) is 11. The van der Waals surface area contributed by atoms with Gasteiger partial charge in [0.05, 0.1) is 30.7 Å². The van der Waals surface area contributed by atoms with E-state index in [-0.39, 0.29) is 5.12 Å². The molecule has 0 radical (unpaired) electrons. The first-order valence-electron chi connectivity index (χ1n) is 13.3. The predicted octanol–water partition coefficient (Wildman–Crippen LogP) is 1.07. The highest BCUT2D eigenvalue weighted by molar-refractivity contribution is 8.14. The van der Waals surface area contributed by atoms with Gasteiger partial charge in [-0.25, -0.2) is 0 Å². The number of aliphatic hydroxyl groups is 6. The van der Waals surface area contributed by atoms with E-state index in [0.717, 1.165) is 37.4 Å². The van der Waals surface area contributed by atoms with Crippen molar-refractivity contribution in [2.24, 2.45) is 5.92 Å². The van der Waals surface area contributed by atoms with Gasteiger partial charge in [0.2, 0.25) is 0 Å². The van der Waals surface area contributed by atoms with E-state index in [9.17, 15) is 35.4 Å². The molecule has 2 saturated heterocycles. The summed E-state index contributed by atoms with van der Waals surface area (Å²) in [6.07, 6.45) is 0.385. The Morgan fingerprint density at radius 1 is 0.806 bits per heavy atom. The average molecular weight is 539 g/mol. The largest absolute Gasteiger partial charge is 0.394 e. The average Bonchev–Trinajstić information content (AvgIpc) is 2.86. The Hall–Kier alpha value is -0.340. The Morgan fingerprint density at radius 3 is 1.97 bits per heavy atom. The van der Waals surface area contributed by atoms with Crippen LogP contribution in [-0.4, -0.2) is 103 Å². The van der Waals surface area contributed by atoms with Crippen LogP contribution in [0.15, 0.2) is 0 Å². The zero-order valence-corrected chi connectivity index (χ0v) is 22.3. The molecule has 10 nitrogen and oxygen atoms in total. The quantitative estimate of drug-likeness (QED) is 0.165. The highest BCUT2D eigenvalue weighted by Crippen LogP contribution is 2.35. The fraction of sp³-hybridized carbons (Fsp3) is 0.960. The van der Waals surface area contributed by atoms with Crippen LogP contribution < -0.4 is 0 Å². The molecule has 0 amide bonds. The molecule has 36 heavy (non-hydrogen) atoms. The van der Waals surface area contributed by atoms with Gasteiger partial charge in [-0.1, -0.05) is 77.0 Å². The molecule has 2 aliphatic rings. The van der Waals surface area contributed by atoms with Crippen LogP contribution in [0.1, 0.15) is 78.1 Å². The SMILES string of the molecule is CCCCCCCCCCCC(=O)S[C@@H]1[C@@H](O)[C@@H](O[C@H]2[C@H](O)[C@@H](C)[C@H](O)O[C@@H]2CO)O[C@H](CO)[C@H]1O. The molecular weight excluding hydrogens is 492 g/mol. The second-order valence-corrected chi connectivity index (χ2v) is 11.2. The predicted molar refractivity (Wildman–Crippen MR) is 134 cm³/mol. The molecule has 0 aromatic heterocycles. The van der Waals surface area contributed by atoms with Crippen LogP contribution >= 0.6 is 11.8 Å². The lowest BCUT2D eigenvalue weighted by molar-refractivity contribution is -0.334. The molecule has 0 aromatic carbocycles. The van der Waals surface area contributed by atoms with Crippen molar-refractivity contribution in [1.82, 2.24) is 0 Å². The molecule has 2 fully saturated rings. The van der Waals surface area contributed by atoms with Gasteiger partial charge >= 0.3 is 0 Å². The molecule has 6 N–H and O–H groups in total. The van der Waals surface area contributed by atoms with Crippen molar-refractivity contribution in [3.63, 3.8) is 0 Å². The van der Waals surface area contributed by atoms with E-state index < -0.39 is 73.6 Å². The standard InChI is InChI=1S/C25H46O10S/c1-3-4-5-6-7-8-9-10-11-12-18(28)36-23-20(30)16(13-26)34-25(21(23)31)35-22-17(14-27)33-24(32)15(2)19(22)29/h15-17,19-27,29-32H,3-14H2,1-2H3/t15-,16-,17-,19-,20-,21-,22-,23+,24-,25-/m1/s1. The van der Waals surface area contributed by atoms with Crippen molar-refractivity contribution in [2.45, 2.75) is 133 Å². The molecule has 0 aromatic rings. The Labute approximate surface area is 218 Å². The zero-order chi connectivity index (χ0) is 26.7. The molecule has 0 unspecified atom stereocenters. The number of aliphatic hydroxyl groups excluding tert-OH is 6. The molecule has 10 atom stereocenters. The molecule has 0 bridgehead atoms. The third kappa shape index (κ3) is 9.14. The fourth-order valence-electron chi connectivity index (χ4n) is 4.63. The minimum Gasteiger partial charge on any atom is -0.394 e. The second-order valence-electron chi connectivity index (χ2n) is 9.94. The molecule has 212 valence electrons. The van der Waals surface area contributed by atoms with E-state index in [1.54, 1.807) is 6.92 Å². The molecule has 2 aliphatic heterocycles. The lowest BCUT2D eigenvalue weighted by atomic mass is 9.92. The molecule has 11 heteroatoms. The van der Waals surface area contributed by atoms with Crippen LogP contribution in [0.4, 0.5) is 0 Å². The summed E-state index contributed by atoms with van der Waals surface area (Å²) in [6.45, 7) is 2.61. The summed E-state index contributed by atoms with van der Waals surface area (Å²) in [6, 6.07) is 0. The van der Waals surface area contributed by atoms with Crippen LogP contribution in [-0.2, 0) is 19.0 Å². The van der Waals surface area contributed by atoms with Gasteiger partial charge in [0.15, 0.2) is 17.7 Å². The van der Waals surface area contributed by atoms with Crippen LogP contribution in [0.3, 0.4) is 0 Å². The molecule has 0 spiro atoms. The van der Waals surface area contributed by atoms with E-state index in [1.807, 2.05) is 0 Å². The van der Waals surface area contributed by atoms with Crippen molar-refractivity contribution in [3.8, 4) is 0 Å². The number of ether oxygens (including phenoxy) is 3. The van der Waals surface area contributed by atoms with Gasteiger partial charge in [0, 0.05) is 12.3 Å². The third-order valence-corrected chi connectivity index (χ3v) is 8.35. The van der Waals surface area contributed by atoms with Crippen molar-refractivity contribution >= 4 is 16.9 Å². The topological polar surface area (TPSA) is 166 Å². The van der Waals surface area contributed by atoms with E-state index in [1.165, 1.54) is 32.1 Å². The second kappa shape index (κ2) is 16.6. The van der Waals surface area contributed by atoms with Gasteiger partial charge in [0.25, 0.3) is 0 Å². The van der Waals surface area contributed by atoms with Gasteiger partial charge < -0.3 is 44.8 Å². The first-order valence-corrected chi connectivity index (χ1v) is 14.2. The minimum atomic E-state index is -1.45. The van der Waals surface area contributed by atoms with Gasteiger partial charge in [-0.05, 0) is 6.42 Å². The highest BCUT2D eigenvalue weighted by Gasteiger charge is 2.50. The Morgan fingerprint density at radius 2 is 1.39 bits per heavy atom. The third-order valence-electron chi connectivity index (χ3n) is 7.05. The maximum atomic E-state index is 12.6. The molecule has 0 saturated carbocycles. The maximum absolute atomic E-state index is 12.6. The van der Waals surface area contributed by atoms with E-state index in [4.69, 9.17) is 14.2 Å². The Kier molecular flexibility index (Phi) is 14.7. The molecule has 0 aliphatic carbocycles. The molecule has 2 rings (SSSR count). The number of carbonyl (C=O) groups excluding carboxylic acids is 1. The lowest BCUT2D eigenvalue weighted by Crippen LogP contribution is -2.62. The number of rotatable bonds is 15. The van der Waals surface area contributed by atoms with Crippen LogP contribution in [0, 0.1) is 5.92 Å². The van der Waals surface area contributed by atoms with Crippen molar-refractivity contribution < 1.29 is 49.6 Å². The van der Waals surface area contributed by atoms with Crippen molar-refractivity contribution in [2.75, 3.05) is 13.2 Å². The molecule has 2 heterocycles. The van der Waals surface area contributed by atoms with Crippen LogP contribution in [0.25, 0.3) is 0 Å². The maximum Gasteiger partial charge on any atom is 0.189 e. The summed E-state index contributed by atoms with van der Waals surface area (Å²) >= 11 is 0.814. The van der Waals surface area contributed by atoms with Gasteiger partial charge in [0.1, 0.15) is 24.4 Å². The molecular formula is C25H46O10S. The minimum absolute atomic E-state index is 0.176. The summed E-state index contributed by atoms with van der Waals surface area (Å²) in [5.41, 5.74) is 0. The van der Waals surface area contributed by atoms with Crippen LogP contribution in [0.2, 0.25) is 0 Å². The van der Waals surface area contributed by atoms with Gasteiger partial charge in [-0.15, -0.1) is 0 Å². The first-order chi connectivity index (χ1) is 17.2. The van der Waals surface area contributed by atoms with Gasteiger partial charge in [-0.3, -0.25) is 4.79 Å². The van der Waals surface area contributed by atoms with E-state index in [0.29, 0.717) is 6.42 Å². The summed E-state index contributed by atoms with van der Waals surface area (Å²) < 4.78 is 16.6. The Bertz CT molecular complexity index is 624. The highest BCUT2D eigenvalue weighted by atomic mass is 32.2. The van der Waals surface area contributed by atoms with E-state index >= 15 is 0 Å². The summed E-state index contributed by atoms with van der Waals surface area (Å²) in [5, 5.41) is 60.1. The number of thioether (sulfide) groups is 1. The van der Waals surface area contributed by atoms with Crippen LogP contribution in [0.5, 0.6) is 0 Å². The number of carbonyl (C=O) groups is 1. The summed E-state index contributed by atoms with van der Waals surface area (Å²) in [4.78, 5) is 12.6. The fourth-order valence-corrected chi connectivity index (χ4v) is 5.78. The zero-order valence-electron chi connectivity index (χ0n) is 21.5. The summed E-state index contributed by atoms with van der Waals surface area (Å²) in [5.74, 6) is -0.735. The van der Waals surface area contributed by atoms with Crippen molar-refractivity contribution in [1.29, 1.82) is 0 Å².